The van der Waals surface area contributed by atoms with Crippen LogP contribution in [0.3, 0.4) is 0 Å². The summed E-state index contributed by atoms with van der Waals surface area (Å²) >= 11 is 0. The highest BCUT2D eigenvalue weighted by atomic mass is 32.2. The fourth-order valence-corrected chi connectivity index (χ4v) is 5.41. The van der Waals surface area contributed by atoms with Gasteiger partial charge in [0, 0.05) is 0 Å². The summed E-state index contributed by atoms with van der Waals surface area (Å²) in [6.45, 7) is 2.42. The monoisotopic (exact) mass is 274 g/mol. The molecule has 0 spiro atoms. The first-order valence-corrected chi connectivity index (χ1v) is 9.00. The summed E-state index contributed by atoms with van der Waals surface area (Å²) in [5.41, 5.74) is 0. The first kappa shape index (κ1) is 14.3. The van der Waals surface area contributed by atoms with Crippen LogP contribution in [0.1, 0.15) is 64.7 Å². The molecule has 18 heavy (non-hydrogen) atoms. The zero-order chi connectivity index (χ0) is 13.0. The zero-order valence-corrected chi connectivity index (χ0v) is 12.3. The van der Waals surface area contributed by atoms with Gasteiger partial charge in [-0.05, 0) is 31.1 Å². The highest BCUT2D eigenvalue weighted by Gasteiger charge is 2.42. The van der Waals surface area contributed by atoms with Gasteiger partial charge in [0.05, 0.1) is 11.9 Å². The van der Waals surface area contributed by atoms with E-state index in [1.54, 1.807) is 0 Å². The maximum absolute atomic E-state index is 12.3. The summed E-state index contributed by atoms with van der Waals surface area (Å²) in [6, 6.07) is 0. The quantitative estimate of drug-likeness (QED) is 0.569. The minimum Gasteiger partial charge on any atom is -0.270 e. The van der Waals surface area contributed by atoms with Gasteiger partial charge in [0.2, 0.25) is 0 Å². The van der Waals surface area contributed by atoms with E-state index in [2.05, 4.69) is 0 Å². The molecule has 2 aliphatic carbocycles. The Hall–Kier alpha value is -0.0900. The Morgan fingerprint density at radius 2 is 1.78 bits per heavy atom. The molecule has 2 rings (SSSR count). The van der Waals surface area contributed by atoms with Crippen molar-refractivity contribution >= 4 is 10.1 Å². The van der Waals surface area contributed by atoms with Gasteiger partial charge < -0.3 is 0 Å². The highest BCUT2D eigenvalue weighted by Crippen LogP contribution is 2.43. The minimum absolute atomic E-state index is 0.214. The number of unbranched alkanes of at least 4 members (excludes halogenated alkanes) is 1. The third-order valence-electron chi connectivity index (χ3n) is 4.63. The second kappa shape index (κ2) is 6.38. The summed E-state index contributed by atoms with van der Waals surface area (Å²) in [6.07, 6.45) is 9.71. The van der Waals surface area contributed by atoms with Gasteiger partial charge in [-0.3, -0.25) is 4.18 Å². The summed E-state index contributed by atoms with van der Waals surface area (Å²) in [7, 11) is -3.33. The van der Waals surface area contributed by atoms with E-state index in [9.17, 15) is 8.42 Å². The van der Waals surface area contributed by atoms with E-state index >= 15 is 0 Å². The number of rotatable bonds is 5. The van der Waals surface area contributed by atoms with Crippen LogP contribution in [0.15, 0.2) is 0 Å². The van der Waals surface area contributed by atoms with Crippen LogP contribution in [0.2, 0.25) is 0 Å². The molecule has 0 aliphatic heterocycles. The van der Waals surface area contributed by atoms with Gasteiger partial charge in [0.1, 0.15) is 0 Å². The van der Waals surface area contributed by atoms with Crippen LogP contribution in [-0.2, 0) is 14.3 Å². The third-order valence-corrected chi connectivity index (χ3v) is 6.45. The number of hydrogen-bond donors (Lipinski definition) is 0. The van der Waals surface area contributed by atoms with Crippen LogP contribution in [0, 0.1) is 11.8 Å². The van der Waals surface area contributed by atoms with Gasteiger partial charge in [-0.2, -0.15) is 8.42 Å². The van der Waals surface area contributed by atoms with Crippen molar-refractivity contribution in [2.24, 2.45) is 11.8 Å². The van der Waals surface area contributed by atoms with Gasteiger partial charge in [-0.1, -0.05) is 45.4 Å². The predicted octanol–water partition coefficient (Wildman–Crippen LogP) is 3.49. The van der Waals surface area contributed by atoms with Gasteiger partial charge in [-0.25, -0.2) is 0 Å². The largest absolute Gasteiger partial charge is 0.270 e. The Bertz CT molecular complexity index is 348. The molecule has 0 saturated heterocycles. The summed E-state index contributed by atoms with van der Waals surface area (Å²) in [5, 5.41) is -0.214. The van der Waals surface area contributed by atoms with Crippen LogP contribution in [-0.4, -0.2) is 20.3 Å². The lowest BCUT2D eigenvalue weighted by molar-refractivity contribution is 0.164. The van der Waals surface area contributed by atoms with Crippen LogP contribution in [0.4, 0.5) is 0 Å². The van der Waals surface area contributed by atoms with Crippen molar-refractivity contribution in [3.8, 4) is 0 Å². The molecule has 4 heteroatoms. The molecule has 0 aromatic heterocycles. The first-order valence-electron chi connectivity index (χ1n) is 7.53. The standard InChI is InChI=1S/C14H26O3S/c1-2-3-11-17-18(15,16)14-10-6-8-12-7-4-5-9-13(12)14/h12-14H,2-11H2,1H3. The van der Waals surface area contributed by atoms with Crippen molar-refractivity contribution in [2.45, 2.75) is 70.0 Å². The Morgan fingerprint density at radius 3 is 2.56 bits per heavy atom. The molecule has 0 radical (unpaired) electrons. The van der Waals surface area contributed by atoms with Crippen molar-refractivity contribution in [2.75, 3.05) is 6.61 Å². The predicted molar refractivity (Wildman–Crippen MR) is 72.9 cm³/mol. The molecule has 3 unspecified atom stereocenters. The second-order valence-electron chi connectivity index (χ2n) is 5.85. The Balaban J connectivity index is 2.00. The zero-order valence-electron chi connectivity index (χ0n) is 11.4. The molecule has 3 atom stereocenters. The van der Waals surface area contributed by atoms with Crippen LogP contribution < -0.4 is 0 Å². The lowest BCUT2D eigenvalue weighted by atomic mass is 9.71. The van der Waals surface area contributed by atoms with Crippen LogP contribution in [0.25, 0.3) is 0 Å². The maximum atomic E-state index is 12.3. The Morgan fingerprint density at radius 1 is 1.06 bits per heavy atom. The van der Waals surface area contributed by atoms with Crippen molar-refractivity contribution in [3.63, 3.8) is 0 Å². The molecule has 0 amide bonds. The molecule has 2 aliphatic rings. The molecule has 0 aromatic rings. The molecule has 2 saturated carbocycles. The van der Waals surface area contributed by atoms with E-state index in [0.29, 0.717) is 18.4 Å². The normalized spacial score (nSPS) is 33.1. The van der Waals surface area contributed by atoms with Gasteiger partial charge in [0.15, 0.2) is 0 Å². The lowest BCUT2D eigenvalue weighted by Crippen LogP contribution is -2.40. The van der Waals surface area contributed by atoms with Crippen LogP contribution in [0.5, 0.6) is 0 Å². The van der Waals surface area contributed by atoms with Crippen molar-refractivity contribution < 1.29 is 12.6 Å². The van der Waals surface area contributed by atoms with Crippen LogP contribution >= 0.6 is 0 Å². The third kappa shape index (κ3) is 3.27. The van der Waals surface area contributed by atoms with Gasteiger partial charge >= 0.3 is 0 Å². The van der Waals surface area contributed by atoms with E-state index in [1.807, 2.05) is 6.92 Å². The molecule has 0 heterocycles. The number of hydrogen-bond acceptors (Lipinski definition) is 3. The maximum Gasteiger partial charge on any atom is 0.270 e. The molecule has 0 aromatic carbocycles. The molecule has 3 nitrogen and oxygen atoms in total. The molecule has 0 bridgehead atoms. The molecular weight excluding hydrogens is 248 g/mol. The van der Waals surface area contributed by atoms with Crippen molar-refractivity contribution in [3.05, 3.63) is 0 Å². The van der Waals surface area contributed by atoms with E-state index in [-0.39, 0.29) is 5.25 Å². The van der Waals surface area contributed by atoms with E-state index in [1.165, 1.54) is 25.7 Å². The molecule has 0 N–H and O–H groups in total. The summed E-state index contributed by atoms with van der Waals surface area (Å²) in [5.74, 6) is 1.01. The fourth-order valence-electron chi connectivity index (χ4n) is 3.64. The van der Waals surface area contributed by atoms with Crippen molar-refractivity contribution in [1.29, 1.82) is 0 Å². The number of fused-ring (bicyclic) bond motifs is 1. The van der Waals surface area contributed by atoms with E-state index < -0.39 is 10.1 Å². The first-order chi connectivity index (χ1) is 8.65. The summed E-state index contributed by atoms with van der Waals surface area (Å²) in [4.78, 5) is 0. The lowest BCUT2D eigenvalue weighted by Gasteiger charge is -2.40. The average Bonchev–Trinajstić information content (AvgIpc) is 2.38. The second-order valence-corrected chi connectivity index (χ2v) is 7.67. The summed E-state index contributed by atoms with van der Waals surface area (Å²) < 4.78 is 29.8. The topological polar surface area (TPSA) is 43.4 Å². The fraction of sp³-hybridized carbons (Fsp3) is 1.00. The molecule has 106 valence electrons. The highest BCUT2D eigenvalue weighted by molar-refractivity contribution is 7.87. The van der Waals surface area contributed by atoms with Crippen molar-refractivity contribution in [1.82, 2.24) is 0 Å². The van der Waals surface area contributed by atoms with E-state index in [0.717, 1.165) is 32.1 Å². The van der Waals surface area contributed by atoms with Gasteiger partial charge in [-0.15, -0.1) is 0 Å². The average molecular weight is 274 g/mol. The SMILES string of the molecule is CCCCOS(=O)(=O)C1CCCC2CCCCC21. The Kier molecular flexibility index (Phi) is 5.07. The minimum atomic E-state index is -3.33. The smallest absolute Gasteiger partial charge is 0.270 e. The molecule has 2 fully saturated rings. The Labute approximate surface area is 111 Å². The van der Waals surface area contributed by atoms with E-state index in [4.69, 9.17) is 4.18 Å². The van der Waals surface area contributed by atoms with Gasteiger partial charge in [0.25, 0.3) is 10.1 Å². The molecular formula is C14H26O3S.